The lowest BCUT2D eigenvalue weighted by Crippen LogP contribution is -2.71. The number of amides is 2. The van der Waals surface area contributed by atoms with Gasteiger partial charge >= 0.3 is 17.9 Å². The Kier molecular flexibility index (Phi) is 9.33. The van der Waals surface area contributed by atoms with E-state index in [0.29, 0.717) is 49.1 Å². The highest BCUT2D eigenvalue weighted by Crippen LogP contribution is 2.49. The van der Waals surface area contributed by atoms with E-state index < -0.39 is 87.4 Å². The number of hydrogen-bond donors (Lipinski definition) is 8. The summed E-state index contributed by atoms with van der Waals surface area (Å²) in [5.74, 6) is -7.08. The Bertz CT molecular complexity index is 2360. The number of nitrogens with two attached hydrogens (primary N) is 1. The quantitative estimate of drug-likeness (QED) is 0.0332. The number of carboxylic acids is 3. The number of H-pyrrole nitrogens is 1. The predicted molar refractivity (Wildman–Crippen MR) is 191 cm³/mol. The number of aromatic amines is 1. The monoisotopic (exact) mass is 801 g/mol. The van der Waals surface area contributed by atoms with Crippen molar-refractivity contribution in [2.75, 3.05) is 37.7 Å². The van der Waals surface area contributed by atoms with E-state index in [1.165, 1.54) is 21.8 Å². The molecule has 3 aromatic rings. The van der Waals surface area contributed by atoms with Crippen molar-refractivity contribution in [2.24, 2.45) is 10.6 Å². The minimum Gasteiger partial charge on any atom is -0.504 e. The average Bonchev–Trinajstić information content (AvgIpc) is 3.82. The molecule has 4 aliphatic heterocycles. The molecule has 2 bridgehead atoms. The summed E-state index contributed by atoms with van der Waals surface area (Å²) in [6, 6.07) is 0.877. The number of nitrogen functional groups attached to an aromatic ring is 1. The van der Waals surface area contributed by atoms with Crippen molar-refractivity contribution >= 4 is 74.4 Å². The largest absolute Gasteiger partial charge is 0.504 e. The molecule has 0 aliphatic carbocycles. The number of hydrogen-bond acceptors (Lipinski definition) is 15. The van der Waals surface area contributed by atoms with Gasteiger partial charge in [-0.25, -0.2) is 19.3 Å². The van der Waals surface area contributed by atoms with Crippen molar-refractivity contribution in [3.05, 3.63) is 55.2 Å². The van der Waals surface area contributed by atoms with E-state index in [-0.39, 0.29) is 39.6 Å². The van der Waals surface area contributed by atoms with E-state index >= 15 is 0 Å². The molecule has 2 aromatic heterocycles. The van der Waals surface area contributed by atoms with Gasteiger partial charge in [-0.15, -0.1) is 23.1 Å². The Labute approximate surface area is 315 Å². The maximum Gasteiger partial charge on any atom is 0.352 e. The van der Waals surface area contributed by atoms with Gasteiger partial charge in [-0.1, -0.05) is 5.16 Å². The van der Waals surface area contributed by atoms with Crippen LogP contribution in [0.15, 0.2) is 43.5 Å². The van der Waals surface area contributed by atoms with Gasteiger partial charge in [0.25, 0.3) is 22.9 Å². The summed E-state index contributed by atoms with van der Waals surface area (Å²) in [4.78, 5) is 98.4. The van der Waals surface area contributed by atoms with Gasteiger partial charge in [0.15, 0.2) is 22.3 Å². The molecule has 0 radical (unpaired) electrons. The Balaban J connectivity index is 1.07. The molecule has 3 fully saturated rings. The minimum absolute atomic E-state index is 0.0218. The van der Waals surface area contributed by atoms with E-state index in [1.807, 2.05) is 0 Å². The number of oxime groups is 1. The third-order valence-corrected chi connectivity index (χ3v) is 12.4. The number of nitrogens with one attached hydrogen (secondary N) is 2. The summed E-state index contributed by atoms with van der Waals surface area (Å²) in [6.07, 6.45) is -1.58. The molecule has 290 valence electrons. The van der Waals surface area contributed by atoms with Gasteiger partial charge in [-0.2, -0.15) is 0 Å². The van der Waals surface area contributed by atoms with E-state index in [1.54, 1.807) is 0 Å². The third kappa shape index (κ3) is 6.73. The number of fused-ring (bicyclic) bond motifs is 4. The highest BCUT2D eigenvalue weighted by atomic mass is 32.2. The lowest BCUT2D eigenvalue weighted by Gasteiger charge is -2.50. The predicted octanol–water partition coefficient (Wildman–Crippen LogP) is -1.16. The number of anilines is 1. The molecule has 3 saturated heterocycles. The lowest BCUT2D eigenvalue weighted by atomic mass is 9.84. The number of β-lactam (4-membered cyclic amide) rings is 1. The third-order valence-electron chi connectivity index (χ3n) is 10.4. The number of aromatic hydroxyl groups is 2. The van der Waals surface area contributed by atoms with Crippen LogP contribution in [0.1, 0.15) is 25.0 Å². The molecule has 55 heavy (non-hydrogen) atoms. The molecule has 3 atom stereocenters. The van der Waals surface area contributed by atoms with E-state index in [2.05, 4.69) is 20.6 Å². The zero-order valence-electron chi connectivity index (χ0n) is 28.5. The molecular weight excluding hydrogens is 769 g/mol. The molecule has 23 heteroatoms. The first-order valence-corrected chi connectivity index (χ1v) is 18.6. The van der Waals surface area contributed by atoms with E-state index in [0.717, 1.165) is 28.4 Å². The van der Waals surface area contributed by atoms with Crippen molar-refractivity contribution < 1.29 is 58.8 Å². The molecule has 21 nitrogen and oxygen atoms in total. The molecule has 9 N–H and O–H groups in total. The SMILES string of the molecule is Nc1nc(/C(=N/O[C@@H](CC(=O)O)C(=O)O)C(=O)N[C@@H]2C(=O)N3C(C(=O)O)=C(C[N+]45CCC(Cn6[nH]c(=O)c7cc(O)c(O)cc7c6=O)(CC4)C5)CS[C@H]23)cs1. The highest BCUT2D eigenvalue weighted by molar-refractivity contribution is 8.00. The Hall–Kier alpha value is -5.94. The first-order valence-electron chi connectivity index (χ1n) is 16.6. The number of phenolic OH excluding ortho intramolecular Hbond substituents is 2. The summed E-state index contributed by atoms with van der Waals surface area (Å²) in [5, 5.41) is 57.5. The second-order valence-corrected chi connectivity index (χ2v) is 16.0. The second kappa shape index (κ2) is 13.7. The molecule has 6 heterocycles. The van der Waals surface area contributed by atoms with Gasteiger partial charge in [-0.3, -0.25) is 34.0 Å². The number of rotatable bonds is 13. The van der Waals surface area contributed by atoms with Crippen molar-refractivity contribution in [1.82, 2.24) is 25.0 Å². The number of aliphatic carboxylic acids is 3. The van der Waals surface area contributed by atoms with E-state index in [4.69, 9.17) is 15.7 Å². The molecule has 2 amide bonds. The number of carbonyl (C=O) groups is 5. The number of phenols is 2. The van der Waals surface area contributed by atoms with Crippen LogP contribution in [0, 0.1) is 5.41 Å². The molecule has 0 spiro atoms. The number of aromatic nitrogens is 3. The van der Waals surface area contributed by atoms with Crippen molar-refractivity contribution in [2.45, 2.75) is 43.3 Å². The summed E-state index contributed by atoms with van der Waals surface area (Å²) in [7, 11) is 0. The Morgan fingerprint density at radius 1 is 1.11 bits per heavy atom. The van der Waals surface area contributed by atoms with Crippen LogP contribution >= 0.6 is 23.1 Å². The zero-order valence-corrected chi connectivity index (χ0v) is 30.1. The normalized spacial score (nSPS) is 25.1. The number of thioether (sulfide) groups is 1. The van der Waals surface area contributed by atoms with Crippen molar-refractivity contribution in [3.8, 4) is 11.5 Å². The van der Waals surface area contributed by atoms with Crippen LogP contribution in [-0.2, 0) is 35.4 Å². The number of nitrogens with zero attached hydrogens (tertiary/aromatic N) is 5. The highest BCUT2D eigenvalue weighted by Gasteiger charge is 2.58. The minimum atomic E-state index is -1.95. The van der Waals surface area contributed by atoms with Crippen LogP contribution in [0.5, 0.6) is 11.5 Å². The van der Waals surface area contributed by atoms with Crippen LogP contribution in [0.2, 0.25) is 0 Å². The fourth-order valence-corrected chi connectivity index (χ4v) is 9.75. The molecule has 0 unspecified atom stereocenters. The number of benzene rings is 1. The van der Waals surface area contributed by atoms with Crippen LogP contribution in [-0.4, -0.2) is 135 Å². The molecule has 4 aliphatic rings. The number of thiazole rings is 1. The van der Waals surface area contributed by atoms with Crippen LogP contribution in [0.25, 0.3) is 10.8 Å². The van der Waals surface area contributed by atoms with Crippen LogP contribution in [0.3, 0.4) is 0 Å². The van der Waals surface area contributed by atoms with Gasteiger partial charge in [0, 0.05) is 35.0 Å². The molecule has 0 saturated carbocycles. The van der Waals surface area contributed by atoms with Gasteiger partial charge < -0.3 is 45.9 Å². The van der Waals surface area contributed by atoms with Gasteiger partial charge in [0.05, 0.1) is 43.4 Å². The molecule has 7 rings (SSSR count). The fourth-order valence-electron chi connectivity index (χ4n) is 7.87. The summed E-state index contributed by atoms with van der Waals surface area (Å²) >= 11 is 2.16. The lowest BCUT2D eigenvalue weighted by molar-refractivity contribution is -0.905. The first-order chi connectivity index (χ1) is 26.0. The van der Waals surface area contributed by atoms with Crippen LogP contribution < -0.4 is 22.2 Å². The number of quaternary nitrogens is 1. The number of piperidine rings is 1. The zero-order chi connectivity index (χ0) is 39.6. The molecular formula is C32H33N8O13S2+. The maximum atomic E-state index is 13.5. The number of carbonyl (C=O) groups excluding carboxylic acids is 2. The average molecular weight is 802 g/mol. The topological polar surface area (TPSA) is 317 Å². The van der Waals surface area contributed by atoms with Gasteiger partial charge in [0.1, 0.15) is 29.4 Å². The standard InChI is InChI=1S/C32H32N8O13S2/c33-31-34-16(10-55-31)21(37-53-19(29(49)50)7-20(43)44)25(46)35-22-27(48)39-23(30(51)52)13(9-54-28(22)39)8-40-3-1-32(12-40,2-4-40)11-38-26(47)15-6-18(42)17(41)5-14(15)24(45)36-38/h5-6,10,19,22,28H,1-4,7-9,11-12H2,(H8-,33,34,35,36,37,41,42,43,44,45,46,47,49,50,51,52)/p+1/t19-,22+,28+,32?,40?/m0/s1. The number of carboxylic acid groups (broad SMARTS) is 3. The fraction of sp³-hybridized carbons (Fsp3) is 0.406. The van der Waals surface area contributed by atoms with Gasteiger partial charge in [0.2, 0.25) is 6.10 Å². The summed E-state index contributed by atoms with van der Waals surface area (Å²) < 4.78 is 1.71. The first kappa shape index (κ1) is 37.4. The maximum absolute atomic E-state index is 13.5. The van der Waals surface area contributed by atoms with Crippen molar-refractivity contribution in [1.29, 1.82) is 0 Å². The molecule has 1 aromatic carbocycles. The summed E-state index contributed by atoms with van der Waals surface area (Å²) in [6.45, 7) is 2.35. The second-order valence-electron chi connectivity index (χ2n) is 14.0. The van der Waals surface area contributed by atoms with Crippen LogP contribution in [0.4, 0.5) is 5.13 Å². The van der Waals surface area contributed by atoms with Gasteiger partial charge in [-0.05, 0) is 12.1 Å². The van der Waals surface area contributed by atoms with Crippen molar-refractivity contribution in [3.63, 3.8) is 0 Å². The summed E-state index contributed by atoms with van der Waals surface area (Å²) in [5.41, 5.74) is 3.75. The Morgan fingerprint density at radius 3 is 2.42 bits per heavy atom. The van der Waals surface area contributed by atoms with E-state index in [9.17, 15) is 54.0 Å². The Morgan fingerprint density at radius 2 is 1.80 bits per heavy atom. The smallest absolute Gasteiger partial charge is 0.352 e.